The van der Waals surface area contributed by atoms with E-state index in [1.54, 1.807) is 0 Å². The number of para-hydroxylation sites is 1. The maximum atomic E-state index is 11.8. The highest BCUT2D eigenvalue weighted by molar-refractivity contribution is 5.92. The first-order chi connectivity index (χ1) is 9.49. The van der Waals surface area contributed by atoms with Gasteiger partial charge in [-0.15, -0.1) is 0 Å². The first-order valence-electron chi connectivity index (χ1n) is 6.66. The second-order valence-corrected chi connectivity index (χ2v) is 5.02. The van der Waals surface area contributed by atoms with Crippen molar-refractivity contribution in [1.82, 2.24) is 9.78 Å². The number of carbonyl (C=O) groups is 1. The molecule has 1 unspecified atom stereocenters. The Morgan fingerprint density at radius 1 is 1.35 bits per heavy atom. The van der Waals surface area contributed by atoms with E-state index in [1.165, 1.54) is 0 Å². The standard InChI is InChI=1S/C15H20N4O/c1-10(16)9-14(20)17-15-11(2)18-19(12(15)3)13-7-5-4-6-8-13/h4-8,10H,9,16H2,1-3H3,(H,17,20). The average molecular weight is 272 g/mol. The highest BCUT2D eigenvalue weighted by Crippen LogP contribution is 2.22. The molecule has 5 heteroatoms. The summed E-state index contributed by atoms with van der Waals surface area (Å²) in [6, 6.07) is 9.68. The van der Waals surface area contributed by atoms with Crippen LogP contribution in [0.25, 0.3) is 5.69 Å². The van der Waals surface area contributed by atoms with Crippen molar-refractivity contribution < 1.29 is 4.79 Å². The van der Waals surface area contributed by atoms with Gasteiger partial charge in [0, 0.05) is 12.5 Å². The van der Waals surface area contributed by atoms with Crippen LogP contribution in [0.15, 0.2) is 30.3 Å². The third-order valence-corrected chi connectivity index (χ3v) is 3.06. The topological polar surface area (TPSA) is 72.9 Å². The molecule has 0 bridgehead atoms. The van der Waals surface area contributed by atoms with E-state index in [4.69, 9.17) is 5.73 Å². The summed E-state index contributed by atoms with van der Waals surface area (Å²) in [4.78, 5) is 11.8. The van der Waals surface area contributed by atoms with E-state index in [0.29, 0.717) is 6.42 Å². The molecule has 0 aliphatic heterocycles. The number of rotatable bonds is 4. The third-order valence-electron chi connectivity index (χ3n) is 3.06. The molecule has 3 N–H and O–H groups in total. The quantitative estimate of drug-likeness (QED) is 0.895. The Balaban J connectivity index is 2.28. The lowest BCUT2D eigenvalue weighted by atomic mass is 10.2. The number of aryl methyl sites for hydroxylation is 1. The van der Waals surface area contributed by atoms with E-state index in [2.05, 4.69) is 10.4 Å². The van der Waals surface area contributed by atoms with Crippen molar-refractivity contribution in [2.75, 3.05) is 5.32 Å². The lowest BCUT2D eigenvalue weighted by Gasteiger charge is -2.08. The SMILES string of the molecule is Cc1nn(-c2ccccc2)c(C)c1NC(=O)CC(C)N. The van der Waals surface area contributed by atoms with Crippen molar-refractivity contribution in [2.24, 2.45) is 5.73 Å². The van der Waals surface area contributed by atoms with E-state index in [1.807, 2.05) is 55.8 Å². The normalized spacial score (nSPS) is 12.2. The maximum absolute atomic E-state index is 11.8. The number of benzene rings is 1. The Labute approximate surface area is 118 Å². The van der Waals surface area contributed by atoms with Gasteiger partial charge in [-0.1, -0.05) is 18.2 Å². The molecule has 0 spiro atoms. The zero-order valence-corrected chi connectivity index (χ0v) is 12.1. The number of nitrogens with two attached hydrogens (primary N) is 1. The smallest absolute Gasteiger partial charge is 0.226 e. The monoisotopic (exact) mass is 272 g/mol. The van der Waals surface area contributed by atoms with Gasteiger partial charge in [-0.3, -0.25) is 4.79 Å². The van der Waals surface area contributed by atoms with Crippen molar-refractivity contribution in [3.05, 3.63) is 41.7 Å². The molecule has 0 aliphatic carbocycles. The van der Waals surface area contributed by atoms with Gasteiger partial charge in [0.05, 0.1) is 22.8 Å². The van der Waals surface area contributed by atoms with Gasteiger partial charge in [-0.05, 0) is 32.9 Å². The number of hydrogen-bond acceptors (Lipinski definition) is 3. The fraction of sp³-hybridized carbons (Fsp3) is 0.333. The average Bonchev–Trinajstić information content (AvgIpc) is 2.67. The van der Waals surface area contributed by atoms with Crippen LogP contribution in [0.3, 0.4) is 0 Å². The van der Waals surface area contributed by atoms with Gasteiger partial charge in [0.1, 0.15) is 0 Å². The molecule has 20 heavy (non-hydrogen) atoms. The Morgan fingerprint density at radius 2 is 2.00 bits per heavy atom. The van der Waals surface area contributed by atoms with E-state index >= 15 is 0 Å². The maximum Gasteiger partial charge on any atom is 0.226 e. The first kappa shape index (κ1) is 14.3. The number of amides is 1. The summed E-state index contributed by atoms with van der Waals surface area (Å²) in [6.45, 7) is 5.63. The van der Waals surface area contributed by atoms with Crippen LogP contribution in [-0.2, 0) is 4.79 Å². The lowest BCUT2D eigenvalue weighted by Crippen LogP contribution is -2.24. The van der Waals surface area contributed by atoms with Gasteiger partial charge in [-0.2, -0.15) is 5.10 Å². The summed E-state index contributed by atoms with van der Waals surface area (Å²) < 4.78 is 1.83. The number of nitrogens with one attached hydrogen (secondary N) is 1. The molecule has 2 aromatic rings. The summed E-state index contributed by atoms with van der Waals surface area (Å²) in [5, 5.41) is 7.38. The summed E-state index contributed by atoms with van der Waals surface area (Å²) in [6.07, 6.45) is 0.301. The van der Waals surface area contributed by atoms with Crippen LogP contribution in [0.1, 0.15) is 24.7 Å². The predicted octanol–water partition coefficient (Wildman–Crippen LogP) is 2.16. The Kier molecular flexibility index (Phi) is 4.20. The Morgan fingerprint density at radius 3 is 2.60 bits per heavy atom. The molecule has 0 fully saturated rings. The molecule has 2 rings (SSSR count). The van der Waals surface area contributed by atoms with Crippen LogP contribution in [0.2, 0.25) is 0 Å². The van der Waals surface area contributed by atoms with E-state index in [-0.39, 0.29) is 11.9 Å². The number of anilines is 1. The highest BCUT2D eigenvalue weighted by Gasteiger charge is 2.15. The first-order valence-corrected chi connectivity index (χ1v) is 6.66. The number of hydrogen-bond donors (Lipinski definition) is 2. The van der Waals surface area contributed by atoms with Gasteiger partial charge in [-0.25, -0.2) is 4.68 Å². The summed E-state index contributed by atoms with van der Waals surface area (Å²) in [5.74, 6) is -0.0844. The van der Waals surface area contributed by atoms with Gasteiger partial charge in [0.15, 0.2) is 0 Å². The molecular weight excluding hydrogens is 252 g/mol. The summed E-state index contributed by atoms with van der Waals surface area (Å²) in [7, 11) is 0. The zero-order valence-electron chi connectivity index (χ0n) is 12.1. The molecule has 1 aromatic carbocycles. The minimum Gasteiger partial charge on any atom is -0.327 e. The van der Waals surface area contributed by atoms with Crippen LogP contribution in [0.5, 0.6) is 0 Å². The van der Waals surface area contributed by atoms with Crippen molar-refractivity contribution in [3.8, 4) is 5.69 Å². The summed E-state index contributed by atoms with van der Waals surface area (Å²) in [5.41, 5.74) is 9.08. The van der Waals surface area contributed by atoms with E-state index in [9.17, 15) is 4.79 Å². The largest absolute Gasteiger partial charge is 0.327 e. The summed E-state index contributed by atoms with van der Waals surface area (Å²) >= 11 is 0. The molecule has 0 saturated heterocycles. The second kappa shape index (κ2) is 5.88. The van der Waals surface area contributed by atoms with Crippen LogP contribution in [-0.4, -0.2) is 21.7 Å². The van der Waals surface area contributed by atoms with Crippen LogP contribution >= 0.6 is 0 Å². The second-order valence-electron chi connectivity index (χ2n) is 5.02. The van der Waals surface area contributed by atoms with Crippen molar-refractivity contribution in [1.29, 1.82) is 0 Å². The lowest BCUT2D eigenvalue weighted by molar-refractivity contribution is -0.116. The molecule has 1 atom stereocenters. The molecule has 0 aliphatic rings. The minimum absolute atomic E-state index is 0.0844. The van der Waals surface area contributed by atoms with Gasteiger partial charge in [0.25, 0.3) is 0 Å². The van der Waals surface area contributed by atoms with E-state index in [0.717, 1.165) is 22.8 Å². The Bertz CT molecular complexity index is 602. The van der Waals surface area contributed by atoms with Gasteiger partial charge in [0.2, 0.25) is 5.91 Å². The van der Waals surface area contributed by atoms with Gasteiger partial charge >= 0.3 is 0 Å². The zero-order chi connectivity index (χ0) is 14.7. The predicted molar refractivity (Wildman–Crippen MR) is 79.9 cm³/mol. The molecule has 106 valence electrons. The molecular formula is C15H20N4O. The van der Waals surface area contributed by atoms with Crippen LogP contribution in [0.4, 0.5) is 5.69 Å². The minimum atomic E-state index is -0.153. The number of aromatic nitrogens is 2. The van der Waals surface area contributed by atoms with E-state index < -0.39 is 0 Å². The Hall–Kier alpha value is -2.14. The van der Waals surface area contributed by atoms with Crippen LogP contribution in [0, 0.1) is 13.8 Å². The van der Waals surface area contributed by atoms with Crippen molar-refractivity contribution in [3.63, 3.8) is 0 Å². The molecule has 0 radical (unpaired) electrons. The molecule has 1 heterocycles. The molecule has 1 aromatic heterocycles. The van der Waals surface area contributed by atoms with Crippen LogP contribution < -0.4 is 11.1 Å². The number of carbonyl (C=O) groups excluding carboxylic acids is 1. The fourth-order valence-corrected chi connectivity index (χ4v) is 2.13. The van der Waals surface area contributed by atoms with Gasteiger partial charge < -0.3 is 11.1 Å². The number of nitrogens with zero attached hydrogens (tertiary/aromatic N) is 2. The molecule has 0 saturated carbocycles. The van der Waals surface area contributed by atoms with Crippen molar-refractivity contribution in [2.45, 2.75) is 33.2 Å². The molecule has 5 nitrogen and oxygen atoms in total. The fourth-order valence-electron chi connectivity index (χ4n) is 2.13. The molecule has 1 amide bonds. The highest BCUT2D eigenvalue weighted by atomic mass is 16.1. The third kappa shape index (κ3) is 3.05. The van der Waals surface area contributed by atoms with Crippen molar-refractivity contribution >= 4 is 11.6 Å².